The van der Waals surface area contributed by atoms with Crippen LogP contribution in [0.25, 0.3) is 0 Å². The van der Waals surface area contributed by atoms with Crippen LogP contribution in [0.5, 0.6) is 0 Å². The molecule has 1 saturated heterocycles. The van der Waals surface area contributed by atoms with E-state index in [-0.39, 0.29) is 0 Å². The summed E-state index contributed by atoms with van der Waals surface area (Å²) in [4.78, 5) is 0. The van der Waals surface area contributed by atoms with E-state index in [1.54, 1.807) is 0 Å². The Morgan fingerprint density at radius 1 is 1.56 bits per heavy atom. The largest absolute Gasteiger partial charge is 0.316 e. The van der Waals surface area contributed by atoms with E-state index in [9.17, 15) is 4.21 Å². The molecule has 9 heavy (non-hydrogen) atoms. The molecule has 2 atom stereocenters. The van der Waals surface area contributed by atoms with Crippen molar-refractivity contribution < 1.29 is 4.21 Å². The first-order chi connectivity index (χ1) is 4.30. The van der Waals surface area contributed by atoms with Crippen molar-refractivity contribution in [3.63, 3.8) is 0 Å². The van der Waals surface area contributed by atoms with Crippen LogP contribution in [0.3, 0.4) is 0 Å². The molecule has 0 aromatic rings. The van der Waals surface area contributed by atoms with Gasteiger partial charge in [0.15, 0.2) is 0 Å². The maximum absolute atomic E-state index is 11.1. The van der Waals surface area contributed by atoms with Crippen LogP contribution in [0.1, 0.15) is 13.3 Å². The van der Waals surface area contributed by atoms with Crippen LogP contribution in [-0.2, 0) is 10.8 Å². The molecule has 2 nitrogen and oxygen atoms in total. The fourth-order valence-corrected chi connectivity index (χ4v) is 2.06. The Balaban J connectivity index is 2.41. The Bertz CT molecular complexity index is 116. The van der Waals surface area contributed by atoms with Crippen LogP contribution in [0, 0.1) is 0 Å². The summed E-state index contributed by atoms with van der Waals surface area (Å²) >= 11 is 0. The third kappa shape index (κ3) is 2.06. The summed E-state index contributed by atoms with van der Waals surface area (Å²) in [6.07, 6.45) is 1.06. The molecule has 1 heterocycles. The van der Waals surface area contributed by atoms with Crippen molar-refractivity contribution in [3.8, 4) is 0 Å². The first-order valence-corrected chi connectivity index (χ1v) is 4.77. The lowest BCUT2D eigenvalue weighted by molar-refractivity contribution is 0.667. The van der Waals surface area contributed by atoms with E-state index in [1.165, 1.54) is 0 Å². The van der Waals surface area contributed by atoms with E-state index in [1.807, 2.05) is 0 Å². The van der Waals surface area contributed by atoms with Gasteiger partial charge in [-0.1, -0.05) is 6.92 Å². The molecule has 1 N–H and O–H groups in total. The molecule has 0 unspecified atom stereocenters. The molecular weight excluding hydrogens is 134 g/mol. The number of rotatable bonds is 0. The van der Waals surface area contributed by atoms with Gasteiger partial charge in [0.2, 0.25) is 0 Å². The van der Waals surface area contributed by atoms with E-state index < -0.39 is 10.8 Å². The Morgan fingerprint density at radius 2 is 2.33 bits per heavy atom. The third-order valence-corrected chi connectivity index (χ3v) is 3.40. The van der Waals surface area contributed by atoms with Gasteiger partial charge in [-0.15, -0.1) is 0 Å². The predicted molar refractivity (Wildman–Crippen MR) is 40.0 cm³/mol. The van der Waals surface area contributed by atoms with Gasteiger partial charge >= 0.3 is 0 Å². The minimum absolute atomic E-state index is 0.403. The van der Waals surface area contributed by atoms with Crippen LogP contribution >= 0.6 is 0 Å². The van der Waals surface area contributed by atoms with E-state index in [4.69, 9.17) is 0 Å². The zero-order valence-electron chi connectivity index (χ0n) is 5.72. The predicted octanol–water partition coefficient (Wildman–Crippen LogP) is 0.117. The van der Waals surface area contributed by atoms with E-state index in [2.05, 4.69) is 12.2 Å². The standard InChI is InChI=1S/C6H13NOS/c1-6-2-3-7-4-5-9(6)8/h6-7H,2-5H2,1H3/t6-,9-/m1/s1. The highest BCUT2D eigenvalue weighted by Gasteiger charge is 2.12. The summed E-state index contributed by atoms with van der Waals surface area (Å²) in [7, 11) is -0.565. The Kier molecular flexibility index (Phi) is 2.66. The molecular formula is C6H13NOS. The molecule has 54 valence electrons. The molecule has 0 aromatic carbocycles. The first-order valence-electron chi connectivity index (χ1n) is 3.38. The van der Waals surface area contributed by atoms with Gasteiger partial charge in [-0.25, -0.2) is 0 Å². The van der Waals surface area contributed by atoms with Crippen molar-refractivity contribution in [2.75, 3.05) is 18.8 Å². The van der Waals surface area contributed by atoms with Crippen LogP contribution in [0.4, 0.5) is 0 Å². The molecule has 0 amide bonds. The second kappa shape index (κ2) is 3.32. The van der Waals surface area contributed by atoms with Gasteiger partial charge in [0.25, 0.3) is 0 Å². The zero-order chi connectivity index (χ0) is 6.69. The minimum Gasteiger partial charge on any atom is -0.316 e. The second-order valence-corrected chi connectivity index (χ2v) is 4.41. The molecule has 0 aliphatic carbocycles. The summed E-state index contributed by atoms with van der Waals surface area (Å²) in [6.45, 7) is 4.02. The van der Waals surface area contributed by atoms with Gasteiger partial charge in [0, 0.05) is 28.3 Å². The summed E-state index contributed by atoms with van der Waals surface area (Å²) in [5.74, 6) is 0.834. The molecule has 0 spiro atoms. The summed E-state index contributed by atoms with van der Waals surface area (Å²) in [5, 5.41) is 3.62. The molecule has 1 aliphatic heterocycles. The van der Waals surface area contributed by atoms with Crippen molar-refractivity contribution in [2.24, 2.45) is 0 Å². The average molecular weight is 147 g/mol. The zero-order valence-corrected chi connectivity index (χ0v) is 6.54. The number of nitrogens with one attached hydrogen (secondary N) is 1. The van der Waals surface area contributed by atoms with Crippen molar-refractivity contribution in [1.29, 1.82) is 0 Å². The van der Waals surface area contributed by atoms with Gasteiger partial charge in [0.1, 0.15) is 0 Å². The molecule has 1 rings (SSSR count). The lowest BCUT2D eigenvalue weighted by Crippen LogP contribution is -2.16. The number of hydrogen-bond acceptors (Lipinski definition) is 2. The molecule has 0 bridgehead atoms. The van der Waals surface area contributed by atoms with Crippen molar-refractivity contribution >= 4 is 10.8 Å². The second-order valence-electron chi connectivity index (χ2n) is 2.43. The molecule has 0 aromatic heterocycles. The van der Waals surface area contributed by atoms with E-state index in [0.29, 0.717) is 5.25 Å². The summed E-state index contributed by atoms with van der Waals surface area (Å²) in [6, 6.07) is 0. The molecule has 1 fully saturated rings. The highest BCUT2D eigenvalue weighted by atomic mass is 32.2. The lowest BCUT2D eigenvalue weighted by Gasteiger charge is -2.03. The van der Waals surface area contributed by atoms with Gasteiger partial charge in [-0.2, -0.15) is 0 Å². The van der Waals surface area contributed by atoms with Crippen LogP contribution in [0.2, 0.25) is 0 Å². The SMILES string of the molecule is C[C@@H]1CCNCC[S@]1=O. The third-order valence-electron chi connectivity index (χ3n) is 1.66. The highest BCUT2D eigenvalue weighted by Crippen LogP contribution is 2.02. The maximum atomic E-state index is 11.1. The first kappa shape index (κ1) is 7.22. The molecule has 0 saturated carbocycles. The topological polar surface area (TPSA) is 29.1 Å². The summed E-state index contributed by atoms with van der Waals surface area (Å²) in [5.41, 5.74) is 0. The number of hydrogen-bond donors (Lipinski definition) is 1. The monoisotopic (exact) mass is 147 g/mol. The fourth-order valence-electron chi connectivity index (χ4n) is 0.936. The van der Waals surface area contributed by atoms with E-state index in [0.717, 1.165) is 25.3 Å². The van der Waals surface area contributed by atoms with Gasteiger partial charge in [-0.3, -0.25) is 4.21 Å². The van der Waals surface area contributed by atoms with Crippen LogP contribution < -0.4 is 5.32 Å². The molecule has 0 radical (unpaired) electrons. The summed E-state index contributed by atoms with van der Waals surface area (Å²) < 4.78 is 11.1. The van der Waals surface area contributed by atoms with Gasteiger partial charge in [0.05, 0.1) is 0 Å². The Morgan fingerprint density at radius 3 is 3.11 bits per heavy atom. The van der Waals surface area contributed by atoms with Crippen molar-refractivity contribution in [1.82, 2.24) is 5.32 Å². The molecule has 3 heteroatoms. The van der Waals surface area contributed by atoms with Crippen molar-refractivity contribution in [2.45, 2.75) is 18.6 Å². The van der Waals surface area contributed by atoms with E-state index >= 15 is 0 Å². The van der Waals surface area contributed by atoms with Crippen LogP contribution in [0.15, 0.2) is 0 Å². The van der Waals surface area contributed by atoms with Crippen LogP contribution in [-0.4, -0.2) is 28.3 Å². The Labute approximate surface area is 58.5 Å². The smallest absolute Gasteiger partial charge is 0.0362 e. The maximum Gasteiger partial charge on any atom is 0.0362 e. The normalized spacial score (nSPS) is 37.9. The average Bonchev–Trinajstić information content (AvgIpc) is 1.99. The minimum atomic E-state index is -0.565. The van der Waals surface area contributed by atoms with Gasteiger partial charge < -0.3 is 5.32 Å². The quantitative estimate of drug-likeness (QED) is 0.527. The fraction of sp³-hybridized carbons (Fsp3) is 1.00. The molecule has 1 aliphatic rings. The highest BCUT2D eigenvalue weighted by molar-refractivity contribution is 7.85. The van der Waals surface area contributed by atoms with Crippen molar-refractivity contribution in [3.05, 3.63) is 0 Å². The lowest BCUT2D eigenvalue weighted by atomic mass is 10.3. The van der Waals surface area contributed by atoms with Gasteiger partial charge in [-0.05, 0) is 13.0 Å². The Hall–Kier alpha value is 0.110.